The van der Waals surface area contributed by atoms with Crippen molar-refractivity contribution in [1.82, 2.24) is 5.32 Å². The third-order valence-corrected chi connectivity index (χ3v) is 7.18. The summed E-state index contributed by atoms with van der Waals surface area (Å²) >= 11 is 6.56. The minimum Gasteiger partial charge on any atom is -0.367 e. The van der Waals surface area contributed by atoms with Gasteiger partial charge in [0, 0.05) is 12.6 Å². The van der Waals surface area contributed by atoms with Crippen LogP contribution in [-0.2, 0) is 16.3 Å². The maximum Gasteiger partial charge on any atom is 0.206 e. The number of piperidine rings is 1. The molecule has 4 rings (SSSR count). The highest BCUT2D eigenvalue weighted by Gasteiger charge is 2.31. The van der Waals surface area contributed by atoms with Gasteiger partial charge in [-0.05, 0) is 62.2 Å². The van der Waals surface area contributed by atoms with E-state index in [1.807, 2.05) is 12.1 Å². The van der Waals surface area contributed by atoms with Gasteiger partial charge >= 0.3 is 0 Å². The lowest BCUT2D eigenvalue weighted by Gasteiger charge is -2.34. The van der Waals surface area contributed by atoms with Gasteiger partial charge < -0.3 is 10.2 Å². The van der Waals surface area contributed by atoms with Crippen LogP contribution in [0.2, 0.25) is 5.02 Å². The first-order valence-corrected chi connectivity index (χ1v) is 10.5. The van der Waals surface area contributed by atoms with Crippen molar-refractivity contribution in [1.29, 1.82) is 0 Å². The summed E-state index contributed by atoms with van der Waals surface area (Å²) in [6.45, 7) is 2.96. The summed E-state index contributed by atoms with van der Waals surface area (Å²) < 4.78 is 25.8. The molecule has 132 valence electrons. The number of anilines is 1. The SMILES string of the molecule is O=S(=O)(c1ccccc1)c1cc(Cl)c2c(c1)CCN2C1CCNCC1. The summed E-state index contributed by atoms with van der Waals surface area (Å²) in [5, 5.41) is 3.93. The second kappa shape index (κ2) is 6.63. The van der Waals surface area contributed by atoms with Gasteiger partial charge in [-0.15, -0.1) is 0 Å². The molecule has 25 heavy (non-hydrogen) atoms. The molecule has 6 heteroatoms. The largest absolute Gasteiger partial charge is 0.367 e. The monoisotopic (exact) mass is 376 g/mol. The van der Waals surface area contributed by atoms with Gasteiger partial charge in [-0.25, -0.2) is 8.42 Å². The Morgan fingerprint density at radius 1 is 1.04 bits per heavy atom. The van der Waals surface area contributed by atoms with E-state index in [0.29, 0.717) is 16.0 Å². The maximum atomic E-state index is 12.9. The first-order valence-electron chi connectivity index (χ1n) is 8.67. The van der Waals surface area contributed by atoms with E-state index in [1.54, 1.807) is 30.3 Å². The average molecular weight is 377 g/mol. The van der Waals surface area contributed by atoms with E-state index in [4.69, 9.17) is 11.6 Å². The molecule has 0 radical (unpaired) electrons. The predicted molar refractivity (Wildman–Crippen MR) is 100 cm³/mol. The van der Waals surface area contributed by atoms with Crippen LogP contribution in [0.1, 0.15) is 18.4 Å². The van der Waals surface area contributed by atoms with Gasteiger partial charge in [0.1, 0.15) is 0 Å². The Balaban J connectivity index is 1.72. The molecule has 2 aliphatic heterocycles. The molecular weight excluding hydrogens is 356 g/mol. The van der Waals surface area contributed by atoms with Crippen molar-refractivity contribution < 1.29 is 8.42 Å². The van der Waals surface area contributed by atoms with Crippen molar-refractivity contribution in [3.8, 4) is 0 Å². The lowest BCUT2D eigenvalue weighted by molar-refractivity contribution is 0.435. The standard InChI is InChI=1S/C19H21ClN2O2S/c20-18-13-17(25(23,24)16-4-2-1-3-5-16)12-14-8-11-22(19(14)18)15-6-9-21-10-7-15/h1-5,12-13,15,21H,6-11H2. The molecule has 1 saturated heterocycles. The number of fused-ring (bicyclic) bond motifs is 1. The van der Waals surface area contributed by atoms with Gasteiger partial charge in [0.25, 0.3) is 0 Å². The Kier molecular flexibility index (Phi) is 4.48. The molecule has 0 aromatic heterocycles. The van der Waals surface area contributed by atoms with Crippen molar-refractivity contribution in [2.45, 2.75) is 35.1 Å². The molecule has 0 saturated carbocycles. The van der Waals surface area contributed by atoms with E-state index < -0.39 is 9.84 Å². The molecule has 2 aromatic rings. The second-order valence-corrected chi connectivity index (χ2v) is 9.01. The zero-order valence-electron chi connectivity index (χ0n) is 13.9. The van der Waals surface area contributed by atoms with Gasteiger partial charge in [-0.3, -0.25) is 0 Å². The summed E-state index contributed by atoms with van der Waals surface area (Å²) in [4.78, 5) is 2.96. The highest BCUT2D eigenvalue weighted by Crippen LogP contribution is 2.40. The molecule has 2 aromatic carbocycles. The lowest BCUT2D eigenvalue weighted by atomic mass is 10.0. The fraction of sp³-hybridized carbons (Fsp3) is 0.368. The lowest BCUT2D eigenvalue weighted by Crippen LogP contribution is -2.42. The number of halogens is 1. The van der Waals surface area contributed by atoms with E-state index in [1.165, 1.54) is 0 Å². The Hall–Kier alpha value is -1.56. The first kappa shape index (κ1) is 16.9. The van der Waals surface area contributed by atoms with Crippen LogP contribution in [0.3, 0.4) is 0 Å². The van der Waals surface area contributed by atoms with Crippen LogP contribution < -0.4 is 10.2 Å². The topological polar surface area (TPSA) is 49.4 Å². The summed E-state index contributed by atoms with van der Waals surface area (Å²) in [6, 6.07) is 12.4. The van der Waals surface area contributed by atoms with Gasteiger partial charge in [0.15, 0.2) is 0 Å². The Bertz CT molecular complexity index is 878. The number of benzene rings is 2. The summed E-state index contributed by atoms with van der Waals surface area (Å²) in [6.07, 6.45) is 3.04. The Morgan fingerprint density at radius 2 is 1.76 bits per heavy atom. The molecule has 0 unspecified atom stereocenters. The van der Waals surface area contributed by atoms with Crippen molar-refractivity contribution in [3.05, 3.63) is 53.1 Å². The third-order valence-electron chi connectivity index (χ3n) is 5.14. The van der Waals surface area contributed by atoms with E-state index in [9.17, 15) is 8.42 Å². The highest BCUT2D eigenvalue weighted by molar-refractivity contribution is 7.91. The van der Waals surface area contributed by atoms with Crippen LogP contribution >= 0.6 is 11.6 Å². The van der Waals surface area contributed by atoms with Crippen molar-refractivity contribution >= 4 is 27.1 Å². The van der Waals surface area contributed by atoms with Gasteiger partial charge in [0.2, 0.25) is 9.84 Å². The summed E-state index contributed by atoms with van der Waals surface area (Å²) in [5.41, 5.74) is 2.07. The Labute approximate surface area is 153 Å². The molecular formula is C19H21ClN2O2S. The van der Waals surface area contributed by atoms with Gasteiger partial charge in [-0.2, -0.15) is 0 Å². The van der Waals surface area contributed by atoms with E-state index in [0.717, 1.165) is 50.1 Å². The number of hydrogen-bond donors (Lipinski definition) is 1. The van der Waals surface area contributed by atoms with Gasteiger partial charge in [0.05, 0.1) is 20.5 Å². The number of hydrogen-bond acceptors (Lipinski definition) is 4. The number of sulfone groups is 1. The highest BCUT2D eigenvalue weighted by atomic mass is 35.5. The molecule has 2 aliphatic rings. The quantitative estimate of drug-likeness (QED) is 0.893. The fourth-order valence-corrected chi connectivity index (χ4v) is 5.64. The fourth-order valence-electron chi connectivity index (χ4n) is 3.87. The zero-order valence-corrected chi connectivity index (χ0v) is 15.5. The van der Waals surface area contributed by atoms with Gasteiger partial charge in [-0.1, -0.05) is 29.8 Å². The first-order chi connectivity index (χ1) is 12.1. The molecule has 2 heterocycles. The van der Waals surface area contributed by atoms with Crippen LogP contribution in [0.4, 0.5) is 5.69 Å². The summed E-state index contributed by atoms with van der Waals surface area (Å²) in [7, 11) is -3.54. The third kappa shape index (κ3) is 3.05. The normalized spacial score (nSPS) is 18.4. The number of nitrogens with zero attached hydrogens (tertiary/aromatic N) is 1. The zero-order chi connectivity index (χ0) is 17.4. The molecule has 0 spiro atoms. The number of rotatable bonds is 3. The van der Waals surface area contributed by atoms with Crippen LogP contribution in [0.25, 0.3) is 0 Å². The van der Waals surface area contributed by atoms with Crippen LogP contribution in [0.5, 0.6) is 0 Å². The van der Waals surface area contributed by atoms with Crippen molar-refractivity contribution in [2.24, 2.45) is 0 Å². The van der Waals surface area contributed by atoms with E-state index in [2.05, 4.69) is 10.2 Å². The molecule has 1 N–H and O–H groups in total. The van der Waals surface area contributed by atoms with Crippen molar-refractivity contribution in [3.63, 3.8) is 0 Å². The van der Waals surface area contributed by atoms with E-state index in [-0.39, 0.29) is 4.90 Å². The van der Waals surface area contributed by atoms with Crippen LogP contribution in [0, 0.1) is 0 Å². The van der Waals surface area contributed by atoms with E-state index >= 15 is 0 Å². The smallest absolute Gasteiger partial charge is 0.206 e. The maximum absolute atomic E-state index is 12.9. The molecule has 1 fully saturated rings. The average Bonchev–Trinajstić information content (AvgIpc) is 3.08. The van der Waals surface area contributed by atoms with Crippen LogP contribution in [0.15, 0.2) is 52.3 Å². The molecule has 0 amide bonds. The predicted octanol–water partition coefficient (Wildman–Crippen LogP) is 3.29. The molecule has 4 nitrogen and oxygen atoms in total. The minimum absolute atomic E-state index is 0.287. The second-order valence-electron chi connectivity index (χ2n) is 6.65. The molecule has 0 bridgehead atoms. The minimum atomic E-state index is -3.54. The summed E-state index contributed by atoms with van der Waals surface area (Å²) in [5.74, 6) is 0. The van der Waals surface area contributed by atoms with Crippen molar-refractivity contribution in [2.75, 3.05) is 24.5 Å². The van der Waals surface area contributed by atoms with Crippen LogP contribution in [-0.4, -0.2) is 34.1 Å². The number of nitrogens with one attached hydrogen (secondary N) is 1. The molecule has 0 atom stereocenters. The molecule has 0 aliphatic carbocycles. The Morgan fingerprint density at radius 3 is 2.48 bits per heavy atom.